The Labute approximate surface area is 181 Å². The van der Waals surface area contributed by atoms with E-state index in [1.807, 2.05) is 48.5 Å². The number of hydrogen-bond donors (Lipinski definition) is 1. The van der Waals surface area contributed by atoms with Crippen LogP contribution < -0.4 is 5.32 Å². The van der Waals surface area contributed by atoms with E-state index >= 15 is 0 Å². The van der Waals surface area contributed by atoms with Crippen LogP contribution >= 0.6 is 11.8 Å². The maximum absolute atomic E-state index is 12.9. The van der Waals surface area contributed by atoms with Crippen molar-refractivity contribution in [2.45, 2.75) is 31.2 Å². The molecule has 1 saturated heterocycles. The van der Waals surface area contributed by atoms with Crippen molar-refractivity contribution >= 4 is 23.4 Å². The Morgan fingerprint density at radius 1 is 1.20 bits per heavy atom. The third-order valence-electron chi connectivity index (χ3n) is 5.18. The van der Waals surface area contributed by atoms with Gasteiger partial charge in [-0.15, -0.1) is 11.8 Å². The molecule has 0 spiro atoms. The maximum Gasteiger partial charge on any atom is 0.241 e. The van der Waals surface area contributed by atoms with Gasteiger partial charge >= 0.3 is 0 Å². The van der Waals surface area contributed by atoms with Gasteiger partial charge in [0.15, 0.2) is 0 Å². The van der Waals surface area contributed by atoms with E-state index in [1.165, 1.54) is 0 Å². The molecule has 2 aromatic carbocycles. The molecule has 1 unspecified atom stereocenters. The molecule has 1 N–H and O–H groups in total. The summed E-state index contributed by atoms with van der Waals surface area (Å²) < 4.78 is 5.45. The number of thioether (sulfide) groups is 1. The molecule has 1 atom stereocenters. The molecular formula is C23H26N4O2S. The second-order valence-corrected chi connectivity index (χ2v) is 8.68. The van der Waals surface area contributed by atoms with Crippen LogP contribution in [0.15, 0.2) is 64.0 Å². The van der Waals surface area contributed by atoms with Crippen LogP contribution in [0.2, 0.25) is 0 Å². The van der Waals surface area contributed by atoms with Crippen molar-refractivity contribution in [2.75, 3.05) is 24.2 Å². The number of anilines is 1. The quantitative estimate of drug-likeness (QED) is 0.557. The minimum atomic E-state index is -0.0463. The molecule has 7 heteroatoms. The zero-order chi connectivity index (χ0) is 20.8. The van der Waals surface area contributed by atoms with Crippen LogP contribution in [-0.2, 0) is 11.3 Å². The van der Waals surface area contributed by atoms with Gasteiger partial charge in [0.1, 0.15) is 0 Å². The summed E-state index contributed by atoms with van der Waals surface area (Å²) in [5.41, 5.74) is 1.84. The van der Waals surface area contributed by atoms with Crippen molar-refractivity contribution in [1.82, 2.24) is 15.0 Å². The molecule has 1 aromatic heterocycles. The number of amides is 1. The van der Waals surface area contributed by atoms with Gasteiger partial charge in [-0.1, -0.05) is 54.5 Å². The average molecular weight is 423 g/mol. The number of piperidine rings is 1. The third kappa shape index (κ3) is 5.09. The highest BCUT2D eigenvalue weighted by molar-refractivity contribution is 7.99. The van der Waals surface area contributed by atoms with Gasteiger partial charge in [-0.3, -0.25) is 9.69 Å². The van der Waals surface area contributed by atoms with Gasteiger partial charge in [0, 0.05) is 17.0 Å². The molecule has 0 radical (unpaired) electrons. The Morgan fingerprint density at radius 2 is 2.00 bits per heavy atom. The average Bonchev–Trinajstić information content (AvgIpc) is 3.24. The van der Waals surface area contributed by atoms with E-state index in [0.717, 1.165) is 41.3 Å². The number of benzene rings is 2. The molecule has 1 amide bonds. The molecule has 6 nitrogen and oxygen atoms in total. The largest absolute Gasteiger partial charge is 0.338 e. The second kappa shape index (κ2) is 9.91. The molecular weight excluding hydrogens is 396 g/mol. The fourth-order valence-corrected chi connectivity index (χ4v) is 4.47. The summed E-state index contributed by atoms with van der Waals surface area (Å²) >= 11 is 1.74. The fraction of sp³-hybridized carbons (Fsp3) is 0.348. The lowest BCUT2D eigenvalue weighted by Crippen LogP contribution is -2.40. The fourth-order valence-electron chi connectivity index (χ4n) is 3.71. The van der Waals surface area contributed by atoms with Gasteiger partial charge in [0.05, 0.1) is 18.2 Å². The van der Waals surface area contributed by atoms with E-state index in [2.05, 4.69) is 33.3 Å². The van der Waals surface area contributed by atoms with Gasteiger partial charge in [0.2, 0.25) is 17.6 Å². The normalized spacial score (nSPS) is 17.0. The van der Waals surface area contributed by atoms with Crippen LogP contribution in [0.3, 0.4) is 0 Å². The number of likely N-dealkylation sites (tertiary alicyclic amines) is 1. The van der Waals surface area contributed by atoms with Crippen LogP contribution in [0.25, 0.3) is 11.4 Å². The predicted molar refractivity (Wildman–Crippen MR) is 119 cm³/mol. The summed E-state index contributed by atoms with van der Waals surface area (Å²) in [6, 6.07) is 17.8. The first-order chi connectivity index (χ1) is 14.7. The number of aromatic nitrogens is 2. The molecule has 0 aliphatic carbocycles. The molecule has 0 saturated carbocycles. The van der Waals surface area contributed by atoms with Crippen molar-refractivity contribution in [3.8, 4) is 11.4 Å². The minimum absolute atomic E-state index is 0.0463. The maximum atomic E-state index is 12.9. The van der Waals surface area contributed by atoms with Gasteiger partial charge in [-0.25, -0.2) is 0 Å². The molecule has 30 heavy (non-hydrogen) atoms. The Bertz CT molecular complexity index is 976. The van der Waals surface area contributed by atoms with Crippen LogP contribution in [0.4, 0.5) is 5.69 Å². The Kier molecular flexibility index (Phi) is 6.81. The van der Waals surface area contributed by atoms with E-state index < -0.39 is 0 Å². The Balaban J connectivity index is 1.37. The molecule has 1 fully saturated rings. The van der Waals surface area contributed by atoms with Crippen molar-refractivity contribution in [1.29, 1.82) is 0 Å². The number of para-hydroxylation sites is 1. The van der Waals surface area contributed by atoms with Crippen LogP contribution in [0, 0.1) is 5.92 Å². The lowest BCUT2D eigenvalue weighted by atomic mass is 9.97. The topological polar surface area (TPSA) is 71.3 Å². The van der Waals surface area contributed by atoms with Gasteiger partial charge in [-0.05, 0) is 37.3 Å². The predicted octanol–water partition coefficient (Wildman–Crippen LogP) is 4.70. The first-order valence-corrected chi connectivity index (χ1v) is 11.3. The van der Waals surface area contributed by atoms with Gasteiger partial charge in [0.25, 0.3) is 0 Å². The summed E-state index contributed by atoms with van der Waals surface area (Å²) in [5, 5.41) is 7.23. The number of rotatable bonds is 7. The SMILES string of the molecule is CCSc1ccccc1NC(=O)C1CCCN(Cc2nc(-c3ccccc3)no2)C1. The number of nitrogens with zero attached hydrogens (tertiary/aromatic N) is 3. The van der Waals surface area contributed by atoms with Gasteiger partial charge in [-0.2, -0.15) is 4.98 Å². The highest BCUT2D eigenvalue weighted by Crippen LogP contribution is 2.28. The molecule has 0 bridgehead atoms. The van der Waals surface area contributed by atoms with E-state index in [1.54, 1.807) is 11.8 Å². The lowest BCUT2D eigenvalue weighted by molar-refractivity contribution is -0.121. The zero-order valence-corrected chi connectivity index (χ0v) is 17.9. The molecule has 2 heterocycles. The third-order valence-corrected chi connectivity index (χ3v) is 6.14. The molecule has 156 valence electrons. The Morgan fingerprint density at radius 3 is 2.83 bits per heavy atom. The second-order valence-electron chi connectivity index (χ2n) is 7.37. The van der Waals surface area contributed by atoms with Crippen molar-refractivity contribution in [3.63, 3.8) is 0 Å². The van der Waals surface area contributed by atoms with Crippen molar-refractivity contribution in [2.24, 2.45) is 5.92 Å². The highest BCUT2D eigenvalue weighted by Gasteiger charge is 2.27. The highest BCUT2D eigenvalue weighted by atomic mass is 32.2. The van der Waals surface area contributed by atoms with E-state index in [4.69, 9.17) is 4.52 Å². The number of hydrogen-bond acceptors (Lipinski definition) is 6. The Hall–Kier alpha value is -2.64. The first kappa shape index (κ1) is 20.6. The van der Waals surface area contributed by atoms with Crippen LogP contribution in [-0.4, -0.2) is 39.8 Å². The van der Waals surface area contributed by atoms with Crippen LogP contribution in [0.5, 0.6) is 0 Å². The van der Waals surface area contributed by atoms with Crippen LogP contribution in [0.1, 0.15) is 25.7 Å². The van der Waals surface area contributed by atoms with E-state index in [9.17, 15) is 4.79 Å². The molecule has 1 aliphatic rings. The number of carbonyl (C=O) groups is 1. The molecule has 3 aromatic rings. The van der Waals surface area contributed by atoms with Gasteiger partial charge < -0.3 is 9.84 Å². The van der Waals surface area contributed by atoms with Crippen molar-refractivity contribution < 1.29 is 9.32 Å². The van der Waals surface area contributed by atoms with E-state index in [0.29, 0.717) is 24.8 Å². The minimum Gasteiger partial charge on any atom is -0.338 e. The lowest BCUT2D eigenvalue weighted by Gasteiger charge is -2.31. The summed E-state index contributed by atoms with van der Waals surface area (Å²) in [6.45, 7) is 4.29. The zero-order valence-electron chi connectivity index (χ0n) is 17.1. The number of nitrogens with one attached hydrogen (secondary N) is 1. The monoisotopic (exact) mass is 422 g/mol. The standard InChI is InChI=1S/C23H26N4O2S/c1-2-30-20-13-7-6-12-19(20)24-23(28)18-11-8-14-27(15-18)16-21-25-22(26-29-21)17-9-4-3-5-10-17/h3-7,9-10,12-13,18H,2,8,11,14-16H2,1H3,(H,24,28). The summed E-state index contributed by atoms with van der Waals surface area (Å²) in [7, 11) is 0. The summed E-state index contributed by atoms with van der Waals surface area (Å²) in [6.07, 6.45) is 1.87. The molecule has 1 aliphatic heterocycles. The summed E-state index contributed by atoms with van der Waals surface area (Å²) in [4.78, 5) is 20.8. The summed E-state index contributed by atoms with van der Waals surface area (Å²) in [5.74, 6) is 2.19. The smallest absolute Gasteiger partial charge is 0.241 e. The number of carbonyl (C=O) groups excluding carboxylic acids is 1. The molecule has 4 rings (SSSR count). The van der Waals surface area contributed by atoms with E-state index in [-0.39, 0.29) is 11.8 Å². The van der Waals surface area contributed by atoms with Crippen molar-refractivity contribution in [3.05, 3.63) is 60.5 Å². The first-order valence-electron chi connectivity index (χ1n) is 10.4.